The van der Waals surface area contributed by atoms with Gasteiger partial charge in [0, 0.05) is 49.8 Å². The zero-order valence-corrected chi connectivity index (χ0v) is 15.6. The third-order valence-electron chi connectivity index (χ3n) is 5.04. The Bertz CT molecular complexity index is 894. The van der Waals surface area contributed by atoms with Gasteiger partial charge < -0.3 is 9.80 Å². The fourth-order valence-electron chi connectivity index (χ4n) is 3.51. The Morgan fingerprint density at radius 3 is 2.44 bits per heavy atom. The molecule has 1 aliphatic rings. The maximum absolute atomic E-state index is 12.8. The molecule has 1 aliphatic heterocycles. The number of carbonyl (C=O) groups is 1. The van der Waals surface area contributed by atoms with Crippen LogP contribution in [0, 0.1) is 6.92 Å². The predicted octanol–water partition coefficient (Wildman–Crippen LogP) is 3.20. The molecule has 0 bridgehead atoms. The maximum Gasteiger partial charge on any atom is 0.253 e. The van der Waals surface area contributed by atoms with Gasteiger partial charge in [0.2, 0.25) is 0 Å². The number of benzene rings is 2. The first-order chi connectivity index (χ1) is 13.2. The standard InChI is InChI=1S/C22H24N4O/c1-18-4-2-5-21(16-18)24-12-14-25(15-13-24)22(27)20-8-6-19(7-9-20)17-26-11-3-10-23-26/h2-11,16H,12-15,17H2,1H3. The molecule has 0 saturated carbocycles. The third kappa shape index (κ3) is 4.03. The van der Waals surface area contributed by atoms with Gasteiger partial charge in [0.15, 0.2) is 0 Å². The van der Waals surface area contributed by atoms with E-state index in [0.717, 1.165) is 43.9 Å². The van der Waals surface area contributed by atoms with E-state index in [1.165, 1.54) is 11.3 Å². The lowest BCUT2D eigenvalue weighted by Gasteiger charge is -2.36. The monoisotopic (exact) mass is 360 g/mol. The third-order valence-corrected chi connectivity index (χ3v) is 5.04. The number of anilines is 1. The Kier molecular flexibility index (Phi) is 4.92. The molecule has 1 fully saturated rings. The van der Waals surface area contributed by atoms with Gasteiger partial charge in [-0.2, -0.15) is 5.10 Å². The molecule has 2 heterocycles. The number of carbonyl (C=O) groups excluding carboxylic acids is 1. The number of amides is 1. The van der Waals surface area contributed by atoms with Crippen molar-refractivity contribution < 1.29 is 4.79 Å². The van der Waals surface area contributed by atoms with Crippen molar-refractivity contribution >= 4 is 11.6 Å². The molecule has 0 unspecified atom stereocenters. The van der Waals surface area contributed by atoms with E-state index >= 15 is 0 Å². The van der Waals surface area contributed by atoms with E-state index < -0.39 is 0 Å². The lowest BCUT2D eigenvalue weighted by molar-refractivity contribution is 0.0747. The molecule has 2 aromatic carbocycles. The molecule has 27 heavy (non-hydrogen) atoms. The smallest absolute Gasteiger partial charge is 0.253 e. The van der Waals surface area contributed by atoms with Crippen LogP contribution in [0.5, 0.6) is 0 Å². The van der Waals surface area contributed by atoms with Gasteiger partial charge in [-0.1, -0.05) is 24.3 Å². The van der Waals surface area contributed by atoms with Crippen LogP contribution in [0.15, 0.2) is 67.0 Å². The Morgan fingerprint density at radius 1 is 1.00 bits per heavy atom. The molecular formula is C22H24N4O. The summed E-state index contributed by atoms with van der Waals surface area (Å²) in [4.78, 5) is 17.1. The number of hydrogen-bond acceptors (Lipinski definition) is 3. The highest BCUT2D eigenvalue weighted by Gasteiger charge is 2.22. The van der Waals surface area contributed by atoms with E-state index in [0.29, 0.717) is 0 Å². The van der Waals surface area contributed by atoms with Gasteiger partial charge in [-0.05, 0) is 48.4 Å². The van der Waals surface area contributed by atoms with Crippen LogP contribution in [-0.4, -0.2) is 46.8 Å². The fraction of sp³-hybridized carbons (Fsp3) is 0.273. The van der Waals surface area contributed by atoms with Crippen molar-refractivity contribution in [3.63, 3.8) is 0 Å². The molecule has 0 spiro atoms. The molecule has 4 rings (SSSR count). The van der Waals surface area contributed by atoms with Crippen LogP contribution in [0.4, 0.5) is 5.69 Å². The largest absolute Gasteiger partial charge is 0.368 e. The van der Waals surface area contributed by atoms with Crippen LogP contribution in [0.3, 0.4) is 0 Å². The van der Waals surface area contributed by atoms with Gasteiger partial charge in [-0.25, -0.2) is 0 Å². The van der Waals surface area contributed by atoms with E-state index in [-0.39, 0.29) is 5.91 Å². The minimum Gasteiger partial charge on any atom is -0.368 e. The second-order valence-corrected chi connectivity index (χ2v) is 7.02. The normalized spacial score (nSPS) is 14.4. The molecule has 5 nitrogen and oxygen atoms in total. The van der Waals surface area contributed by atoms with Crippen LogP contribution in [0.2, 0.25) is 0 Å². The Balaban J connectivity index is 1.36. The number of aryl methyl sites for hydroxylation is 1. The minimum atomic E-state index is 0.115. The molecule has 0 radical (unpaired) electrons. The van der Waals surface area contributed by atoms with Gasteiger partial charge in [-0.15, -0.1) is 0 Å². The van der Waals surface area contributed by atoms with Gasteiger partial charge in [0.25, 0.3) is 5.91 Å². The van der Waals surface area contributed by atoms with Crippen LogP contribution in [0.25, 0.3) is 0 Å². The summed E-state index contributed by atoms with van der Waals surface area (Å²) in [6, 6.07) is 18.3. The van der Waals surface area contributed by atoms with Gasteiger partial charge in [-0.3, -0.25) is 9.48 Å². The van der Waals surface area contributed by atoms with E-state index in [1.54, 1.807) is 6.20 Å². The van der Waals surface area contributed by atoms with Crippen LogP contribution in [0.1, 0.15) is 21.5 Å². The average molecular weight is 360 g/mol. The summed E-state index contributed by atoms with van der Waals surface area (Å²) in [5.74, 6) is 0.115. The molecule has 1 saturated heterocycles. The molecule has 1 aromatic heterocycles. The second-order valence-electron chi connectivity index (χ2n) is 7.02. The summed E-state index contributed by atoms with van der Waals surface area (Å²) in [6.07, 6.45) is 3.71. The van der Waals surface area contributed by atoms with Crippen LogP contribution < -0.4 is 4.90 Å². The zero-order valence-electron chi connectivity index (χ0n) is 15.6. The number of rotatable bonds is 4. The quantitative estimate of drug-likeness (QED) is 0.717. The lowest BCUT2D eigenvalue weighted by atomic mass is 10.1. The number of aromatic nitrogens is 2. The van der Waals surface area contributed by atoms with Gasteiger partial charge in [0.05, 0.1) is 6.54 Å². The van der Waals surface area contributed by atoms with Gasteiger partial charge in [0.1, 0.15) is 0 Å². The van der Waals surface area contributed by atoms with Crippen molar-refractivity contribution in [1.29, 1.82) is 0 Å². The zero-order chi connectivity index (χ0) is 18.6. The van der Waals surface area contributed by atoms with Crippen molar-refractivity contribution in [2.45, 2.75) is 13.5 Å². The van der Waals surface area contributed by atoms with Crippen molar-refractivity contribution in [2.24, 2.45) is 0 Å². The minimum absolute atomic E-state index is 0.115. The van der Waals surface area contributed by atoms with E-state index in [1.807, 2.05) is 46.1 Å². The first kappa shape index (κ1) is 17.3. The van der Waals surface area contributed by atoms with E-state index in [9.17, 15) is 4.79 Å². The number of hydrogen-bond donors (Lipinski definition) is 0. The number of nitrogens with zero attached hydrogens (tertiary/aromatic N) is 4. The Morgan fingerprint density at radius 2 is 1.78 bits per heavy atom. The first-order valence-electron chi connectivity index (χ1n) is 9.36. The molecule has 138 valence electrons. The van der Waals surface area contributed by atoms with E-state index in [4.69, 9.17) is 0 Å². The van der Waals surface area contributed by atoms with Crippen molar-refractivity contribution in [3.8, 4) is 0 Å². The molecule has 3 aromatic rings. The van der Waals surface area contributed by atoms with Crippen molar-refractivity contribution in [3.05, 3.63) is 83.7 Å². The Hall–Kier alpha value is -3.08. The highest BCUT2D eigenvalue weighted by atomic mass is 16.2. The molecule has 5 heteroatoms. The van der Waals surface area contributed by atoms with Crippen molar-refractivity contribution in [1.82, 2.24) is 14.7 Å². The molecule has 0 N–H and O–H groups in total. The highest BCUT2D eigenvalue weighted by molar-refractivity contribution is 5.94. The highest BCUT2D eigenvalue weighted by Crippen LogP contribution is 2.19. The van der Waals surface area contributed by atoms with E-state index in [2.05, 4.69) is 41.2 Å². The predicted molar refractivity (Wildman–Crippen MR) is 107 cm³/mol. The summed E-state index contributed by atoms with van der Waals surface area (Å²) in [5, 5.41) is 4.22. The SMILES string of the molecule is Cc1cccc(N2CCN(C(=O)c3ccc(Cn4cccn4)cc3)CC2)c1. The van der Waals surface area contributed by atoms with Crippen LogP contribution in [-0.2, 0) is 6.54 Å². The molecular weight excluding hydrogens is 336 g/mol. The Labute approximate surface area is 159 Å². The number of piperazine rings is 1. The summed E-state index contributed by atoms with van der Waals surface area (Å²) >= 11 is 0. The van der Waals surface area contributed by atoms with Gasteiger partial charge >= 0.3 is 0 Å². The summed E-state index contributed by atoms with van der Waals surface area (Å²) in [5.41, 5.74) is 4.40. The molecule has 1 amide bonds. The first-order valence-corrected chi connectivity index (χ1v) is 9.36. The second kappa shape index (κ2) is 7.66. The van der Waals surface area contributed by atoms with Crippen molar-refractivity contribution in [2.75, 3.05) is 31.1 Å². The summed E-state index contributed by atoms with van der Waals surface area (Å²) in [7, 11) is 0. The summed E-state index contributed by atoms with van der Waals surface area (Å²) in [6.45, 7) is 6.07. The molecule has 0 aliphatic carbocycles. The fourth-order valence-corrected chi connectivity index (χ4v) is 3.51. The maximum atomic E-state index is 12.8. The topological polar surface area (TPSA) is 41.4 Å². The average Bonchev–Trinajstić information content (AvgIpc) is 3.21. The lowest BCUT2D eigenvalue weighted by Crippen LogP contribution is -2.48. The van der Waals surface area contributed by atoms with Crippen LogP contribution >= 0.6 is 0 Å². The summed E-state index contributed by atoms with van der Waals surface area (Å²) < 4.78 is 1.88. The molecule has 0 atom stereocenters.